The molecule has 0 bridgehead atoms. The van der Waals surface area contributed by atoms with Crippen molar-refractivity contribution in [2.45, 2.75) is 19.4 Å². The Morgan fingerprint density at radius 1 is 1.35 bits per heavy atom. The lowest BCUT2D eigenvalue weighted by Gasteiger charge is -2.29. The lowest BCUT2D eigenvalue weighted by atomic mass is 10.1. The first-order chi connectivity index (χ1) is 9.55. The summed E-state index contributed by atoms with van der Waals surface area (Å²) in [6.45, 7) is 8.24. The largest absolute Gasteiger partial charge is 0.397 e. The molecule has 3 heterocycles. The van der Waals surface area contributed by atoms with E-state index in [1.807, 2.05) is 12.3 Å². The number of hydrogen-bond acceptors (Lipinski definition) is 6. The monoisotopic (exact) mass is 275 g/mol. The number of aliphatic imine (C=N–C) groups is 1. The Morgan fingerprint density at radius 2 is 2.10 bits per heavy atom. The number of ether oxygens (including phenoxy) is 1. The first kappa shape index (κ1) is 13.2. The van der Waals surface area contributed by atoms with Gasteiger partial charge in [-0.05, 0) is 19.9 Å². The van der Waals surface area contributed by atoms with Gasteiger partial charge in [0.1, 0.15) is 11.5 Å². The number of rotatable bonds is 2. The minimum absolute atomic E-state index is 0.0215. The molecule has 1 aromatic heterocycles. The second-order valence-electron chi connectivity index (χ2n) is 5.90. The van der Waals surface area contributed by atoms with Gasteiger partial charge in [0, 0.05) is 13.1 Å². The SMILES string of the molecule is CC1(C)CN=C(c2ncc(N3CCOCC3)cc2N)N1. The van der Waals surface area contributed by atoms with E-state index >= 15 is 0 Å². The van der Waals surface area contributed by atoms with E-state index in [2.05, 4.69) is 34.0 Å². The smallest absolute Gasteiger partial charge is 0.149 e. The highest BCUT2D eigenvalue weighted by Gasteiger charge is 2.27. The Labute approximate surface area is 119 Å². The molecule has 6 nitrogen and oxygen atoms in total. The molecule has 0 saturated carbocycles. The summed E-state index contributed by atoms with van der Waals surface area (Å²) in [7, 11) is 0. The van der Waals surface area contributed by atoms with E-state index in [-0.39, 0.29) is 5.54 Å². The topological polar surface area (TPSA) is 75.8 Å². The minimum atomic E-state index is -0.0215. The zero-order valence-electron chi connectivity index (χ0n) is 12.0. The second kappa shape index (κ2) is 4.94. The van der Waals surface area contributed by atoms with Crippen molar-refractivity contribution >= 4 is 17.2 Å². The van der Waals surface area contributed by atoms with Gasteiger partial charge in [-0.1, -0.05) is 0 Å². The summed E-state index contributed by atoms with van der Waals surface area (Å²) in [6, 6.07) is 1.98. The fourth-order valence-corrected chi connectivity index (χ4v) is 2.47. The first-order valence-electron chi connectivity index (χ1n) is 6.96. The predicted octanol–water partition coefficient (Wildman–Crippen LogP) is 0.629. The van der Waals surface area contributed by atoms with Gasteiger partial charge in [0.2, 0.25) is 0 Å². The van der Waals surface area contributed by atoms with E-state index in [9.17, 15) is 0 Å². The summed E-state index contributed by atoms with van der Waals surface area (Å²) in [6.07, 6.45) is 1.87. The summed E-state index contributed by atoms with van der Waals surface area (Å²) in [4.78, 5) is 11.2. The number of amidine groups is 1. The Balaban J connectivity index is 1.81. The Hall–Kier alpha value is -1.82. The van der Waals surface area contributed by atoms with Gasteiger partial charge in [0.25, 0.3) is 0 Å². The van der Waals surface area contributed by atoms with Gasteiger partial charge in [0.15, 0.2) is 0 Å². The molecular formula is C14H21N5O. The summed E-state index contributed by atoms with van der Waals surface area (Å²) in [5.74, 6) is 0.793. The molecule has 1 saturated heterocycles. The van der Waals surface area contributed by atoms with Crippen LogP contribution >= 0.6 is 0 Å². The van der Waals surface area contributed by atoms with Crippen molar-refractivity contribution in [1.29, 1.82) is 0 Å². The van der Waals surface area contributed by atoms with Crippen molar-refractivity contribution in [1.82, 2.24) is 10.3 Å². The second-order valence-corrected chi connectivity index (χ2v) is 5.90. The van der Waals surface area contributed by atoms with Crippen molar-refractivity contribution in [3.05, 3.63) is 18.0 Å². The maximum Gasteiger partial charge on any atom is 0.149 e. The maximum absolute atomic E-state index is 6.16. The van der Waals surface area contributed by atoms with Crippen LogP contribution in [0.2, 0.25) is 0 Å². The maximum atomic E-state index is 6.16. The number of nitrogens with zero attached hydrogens (tertiary/aromatic N) is 3. The lowest BCUT2D eigenvalue weighted by Crippen LogP contribution is -2.40. The molecule has 108 valence electrons. The summed E-state index contributed by atoms with van der Waals surface area (Å²) < 4.78 is 5.36. The number of nitrogens with one attached hydrogen (secondary N) is 1. The fraction of sp³-hybridized carbons (Fsp3) is 0.571. The molecule has 0 spiro atoms. The van der Waals surface area contributed by atoms with Crippen molar-refractivity contribution in [2.24, 2.45) is 4.99 Å². The molecule has 0 aromatic carbocycles. The van der Waals surface area contributed by atoms with E-state index in [4.69, 9.17) is 10.5 Å². The molecule has 0 radical (unpaired) electrons. The minimum Gasteiger partial charge on any atom is -0.397 e. The third-order valence-corrected chi connectivity index (χ3v) is 3.59. The molecule has 1 fully saturated rings. The summed E-state index contributed by atoms with van der Waals surface area (Å²) in [5, 5.41) is 3.36. The molecule has 20 heavy (non-hydrogen) atoms. The molecule has 1 aromatic rings. The number of morpholine rings is 1. The van der Waals surface area contributed by atoms with E-state index in [0.717, 1.165) is 50.1 Å². The number of pyridine rings is 1. The molecule has 2 aliphatic heterocycles. The Bertz CT molecular complexity index is 534. The van der Waals surface area contributed by atoms with E-state index in [1.165, 1.54) is 0 Å². The molecular weight excluding hydrogens is 254 g/mol. The standard InChI is InChI=1S/C14H21N5O/c1-14(2)9-17-13(18-14)12-11(15)7-10(8-16-12)19-3-5-20-6-4-19/h7-8H,3-6,9,15H2,1-2H3,(H,17,18). The van der Waals surface area contributed by atoms with E-state index < -0.39 is 0 Å². The van der Waals surface area contributed by atoms with Crippen LogP contribution in [-0.4, -0.2) is 49.2 Å². The van der Waals surface area contributed by atoms with Crippen LogP contribution in [0.15, 0.2) is 17.3 Å². The zero-order valence-corrected chi connectivity index (χ0v) is 12.0. The van der Waals surface area contributed by atoms with Gasteiger partial charge < -0.3 is 20.7 Å². The summed E-state index contributed by atoms with van der Waals surface area (Å²) >= 11 is 0. The van der Waals surface area contributed by atoms with Crippen molar-refractivity contribution in [3.8, 4) is 0 Å². The average molecular weight is 275 g/mol. The number of nitrogens with two attached hydrogens (primary N) is 1. The van der Waals surface area contributed by atoms with Crippen LogP contribution in [0.5, 0.6) is 0 Å². The van der Waals surface area contributed by atoms with Gasteiger partial charge in [0.05, 0.1) is 42.9 Å². The third-order valence-electron chi connectivity index (χ3n) is 3.59. The number of hydrogen-bond donors (Lipinski definition) is 2. The molecule has 6 heteroatoms. The highest BCUT2D eigenvalue weighted by Crippen LogP contribution is 2.22. The van der Waals surface area contributed by atoms with Crippen LogP contribution < -0.4 is 16.0 Å². The molecule has 3 N–H and O–H groups in total. The van der Waals surface area contributed by atoms with E-state index in [1.54, 1.807) is 0 Å². The highest BCUT2D eigenvalue weighted by atomic mass is 16.5. The number of aromatic nitrogens is 1. The molecule has 2 aliphatic rings. The van der Waals surface area contributed by atoms with Gasteiger partial charge in [-0.25, -0.2) is 4.98 Å². The molecule has 0 atom stereocenters. The average Bonchev–Trinajstić information content (AvgIpc) is 2.80. The molecule has 0 aliphatic carbocycles. The lowest BCUT2D eigenvalue weighted by molar-refractivity contribution is 0.122. The van der Waals surface area contributed by atoms with Crippen LogP contribution in [0, 0.1) is 0 Å². The highest BCUT2D eigenvalue weighted by molar-refractivity contribution is 6.03. The number of nitrogen functional groups attached to an aromatic ring is 1. The molecule has 0 amide bonds. The van der Waals surface area contributed by atoms with Crippen molar-refractivity contribution in [2.75, 3.05) is 43.5 Å². The Morgan fingerprint density at radius 3 is 2.70 bits per heavy atom. The van der Waals surface area contributed by atoms with Crippen LogP contribution in [0.4, 0.5) is 11.4 Å². The van der Waals surface area contributed by atoms with Crippen LogP contribution in [-0.2, 0) is 4.74 Å². The van der Waals surface area contributed by atoms with Gasteiger partial charge in [-0.3, -0.25) is 4.99 Å². The number of anilines is 2. The zero-order chi connectivity index (χ0) is 14.2. The van der Waals surface area contributed by atoms with Gasteiger partial charge >= 0.3 is 0 Å². The Kier molecular flexibility index (Phi) is 3.25. The van der Waals surface area contributed by atoms with E-state index in [0.29, 0.717) is 5.69 Å². The molecule has 0 unspecified atom stereocenters. The van der Waals surface area contributed by atoms with Crippen LogP contribution in [0.3, 0.4) is 0 Å². The van der Waals surface area contributed by atoms with Crippen molar-refractivity contribution < 1.29 is 4.74 Å². The van der Waals surface area contributed by atoms with Gasteiger partial charge in [-0.15, -0.1) is 0 Å². The van der Waals surface area contributed by atoms with Crippen molar-refractivity contribution in [3.63, 3.8) is 0 Å². The third kappa shape index (κ3) is 2.56. The fourth-order valence-electron chi connectivity index (χ4n) is 2.47. The quantitative estimate of drug-likeness (QED) is 0.828. The van der Waals surface area contributed by atoms with Crippen LogP contribution in [0.1, 0.15) is 19.5 Å². The molecule has 3 rings (SSSR count). The van der Waals surface area contributed by atoms with Crippen LogP contribution in [0.25, 0.3) is 0 Å². The van der Waals surface area contributed by atoms with Gasteiger partial charge in [-0.2, -0.15) is 0 Å². The summed E-state index contributed by atoms with van der Waals surface area (Å²) in [5.41, 5.74) is 8.59. The first-order valence-corrected chi connectivity index (χ1v) is 6.96. The normalized spacial score (nSPS) is 21.5. The predicted molar refractivity (Wildman–Crippen MR) is 80.3 cm³/mol.